The number of alkyl halides is 1. The highest BCUT2D eigenvalue weighted by atomic mass is 79.9. The topological polar surface area (TPSA) is 35.2 Å². The fourth-order valence-corrected chi connectivity index (χ4v) is 1.92. The van der Waals surface area contributed by atoms with Gasteiger partial charge < -0.3 is 10.5 Å². The van der Waals surface area contributed by atoms with Gasteiger partial charge in [-0.05, 0) is 36.6 Å². The summed E-state index contributed by atoms with van der Waals surface area (Å²) in [4.78, 5) is 0. The van der Waals surface area contributed by atoms with Crippen molar-refractivity contribution in [3.8, 4) is 5.75 Å². The average Bonchev–Trinajstić information content (AvgIpc) is 2.32. The van der Waals surface area contributed by atoms with Crippen molar-refractivity contribution < 1.29 is 9.13 Å². The van der Waals surface area contributed by atoms with Crippen LogP contribution in [-0.4, -0.2) is 19.3 Å². The molecule has 0 aromatic heterocycles. The Bertz CT molecular complexity index is 346. The smallest absolute Gasteiger partial charge is 0.122 e. The molecule has 2 N–H and O–H groups in total. The van der Waals surface area contributed by atoms with E-state index in [1.165, 1.54) is 0 Å². The van der Waals surface area contributed by atoms with Gasteiger partial charge in [-0.15, -0.1) is 0 Å². The van der Waals surface area contributed by atoms with Gasteiger partial charge >= 0.3 is 0 Å². The molecule has 0 radical (unpaired) electrons. The molecule has 0 fully saturated rings. The molecule has 4 heteroatoms. The number of halogens is 2. The molecule has 0 aliphatic carbocycles. The lowest BCUT2D eigenvalue weighted by atomic mass is 10.0. The quantitative estimate of drug-likeness (QED) is 0.783. The van der Waals surface area contributed by atoms with Gasteiger partial charge in [-0.2, -0.15) is 0 Å². The lowest BCUT2D eigenvalue weighted by Gasteiger charge is -2.14. The summed E-state index contributed by atoms with van der Waals surface area (Å²) in [6, 6.07) is 5.97. The molecular weight excluding hydrogens is 285 g/mol. The Labute approximate surface area is 110 Å². The van der Waals surface area contributed by atoms with Crippen molar-refractivity contribution in [3.05, 3.63) is 28.2 Å². The first-order valence-electron chi connectivity index (χ1n) is 5.90. The SMILES string of the molecule is CCC(N)Cc1cc(Br)ccc1OCCCF. The second-order valence-corrected chi connectivity index (χ2v) is 4.93. The molecule has 0 spiro atoms. The molecule has 1 unspecified atom stereocenters. The third-order valence-electron chi connectivity index (χ3n) is 2.56. The highest BCUT2D eigenvalue weighted by molar-refractivity contribution is 9.10. The van der Waals surface area contributed by atoms with E-state index in [2.05, 4.69) is 22.9 Å². The summed E-state index contributed by atoms with van der Waals surface area (Å²) in [6.45, 7) is 2.12. The van der Waals surface area contributed by atoms with E-state index in [1.54, 1.807) is 0 Å². The lowest BCUT2D eigenvalue weighted by molar-refractivity contribution is 0.286. The predicted octanol–water partition coefficient (Wildman–Crippen LogP) is 3.47. The Morgan fingerprint density at radius 1 is 1.47 bits per heavy atom. The molecule has 0 bridgehead atoms. The second kappa shape index (κ2) is 7.67. The maximum Gasteiger partial charge on any atom is 0.122 e. The van der Waals surface area contributed by atoms with Crippen LogP contribution in [0.15, 0.2) is 22.7 Å². The fourth-order valence-electron chi connectivity index (χ4n) is 1.51. The van der Waals surface area contributed by atoms with E-state index in [4.69, 9.17) is 10.5 Å². The van der Waals surface area contributed by atoms with E-state index >= 15 is 0 Å². The molecule has 1 atom stereocenters. The minimum absolute atomic E-state index is 0.132. The Balaban J connectivity index is 2.72. The van der Waals surface area contributed by atoms with Gasteiger partial charge in [0.15, 0.2) is 0 Å². The Kier molecular flexibility index (Phi) is 6.52. The number of hydrogen-bond donors (Lipinski definition) is 1. The van der Waals surface area contributed by atoms with E-state index in [0.29, 0.717) is 13.0 Å². The highest BCUT2D eigenvalue weighted by Gasteiger charge is 2.08. The normalized spacial score (nSPS) is 12.5. The van der Waals surface area contributed by atoms with Crippen molar-refractivity contribution in [1.29, 1.82) is 0 Å². The van der Waals surface area contributed by atoms with Gasteiger partial charge in [0, 0.05) is 16.9 Å². The first kappa shape index (κ1) is 14.5. The van der Waals surface area contributed by atoms with Gasteiger partial charge in [0.1, 0.15) is 5.75 Å². The molecule has 0 aliphatic rings. The summed E-state index contributed by atoms with van der Waals surface area (Å²) in [5.41, 5.74) is 7.02. The number of ether oxygens (including phenoxy) is 1. The maximum atomic E-state index is 12.0. The summed E-state index contributed by atoms with van der Waals surface area (Å²) in [5, 5.41) is 0. The summed E-state index contributed by atoms with van der Waals surface area (Å²) in [7, 11) is 0. The van der Waals surface area contributed by atoms with E-state index in [9.17, 15) is 4.39 Å². The first-order chi connectivity index (χ1) is 8.17. The van der Waals surface area contributed by atoms with Crippen LogP contribution in [0.4, 0.5) is 4.39 Å². The minimum Gasteiger partial charge on any atom is -0.493 e. The van der Waals surface area contributed by atoms with E-state index in [1.807, 2.05) is 18.2 Å². The zero-order valence-electron chi connectivity index (χ0n) is 10.1. The Morgan fingerprint density at radius 3 is 2.88 bits per heavy atom. The molecule has 0 saturated carbocycles. The highest BCUT2D eigenvalue weighted by Crippen LogP contribution is 2.24. The monoisotopic (exact) mass is 303 g/mol. The molecule has 0 amide bonds. The van der Waals surface area contributed by atoms with E-state index in [0.717, 1.165) is 28.6 Å². The minimum atomic E-state index is -0.347. The van der Waals surface area contributed by atoms with Crippen LogP contribution in [0.25, 0.3) is 0 Å². The van der Waals surface area contributed by atoms with E-state index in [-0.39, 0.29) is 12.7 Å². The molecule has 96 valence electrons. The molecule has 2 nitrogen and oxygen atoms in total. The molecule has 17 heavy (non-hydrogen) atoms. The average molecular weight is 304 g/mol. The molecule has 0 saturated heterocycles. The van der Waals surface area contributed by atoms with Crippen molar-refractivity contribution in [3.63, 3.8) is 0 Å². The van der Waals surface area contributed by atoms with Gasteiger partial charge in [-0.25, -0.2) is 0 Å². The fraction of sp³-hybridized carbons (Fsp3) is 0.538. The third kappa shape index (κ3) is 5.04. The largest absolute Gasteiger partial charge is 0.493 e. The molecular formula is C13H19BrFNO. The number of benzene rings is 1. The van der Waals surface area contributed by atoms with Gasteiger partial charge in [0.25, 0.3) is 0 Å². The van der Waals surface area contributed by atoms with Gasteiger partial charge in [-0.1, -0.05) is 22.9 Å². The summed E-state index contributed by atoms with van der Waals surface area (Å²) in [6.07, 6.45) is 2.13. The lowest BCUT2D eigenvalue weighted by Crippen LogP contribution is -2.21. The van der Waals surface area contributed by atoms with Crippen molar-refractivity contribution >= 4 is 15.9 Å². The molecule has 1 aromatic rings. The van der Waals surface area contributed by atoms with Crippen molar-refractivity contribution in [1.82, 2.24) is 0 Å². The Hall–Kier alpha value is -0.610. The number of hydrogen-bond acceptors (Lipinski definition) is 2. The van der Waals surface area contributed by atoms with Crippen LogP contribution < -0.4 is 10.5 Å². The number of rotatable bonds is 7. The van der Waals surface area contributed by atoms with Gasteiger partial charge in [0.2, 0.25) is 0 Å². The van der Waals surface area contributed by atoms with Crippen LogP contribution in [0.2, 0.25) is 0 Å². The summed E-state index contributed by atoms with van der Waals surface area (Å²) in [5.74, 6) is 0.811. The van der Waals surface area contributed by atoms with Crippen molar-refractivity contribution in [2.45, 2.75) is 32.2 Å². The van der Waals surface area contributed by atoms with Gasteiger partial charge in [0.05, 0.1) is 13.3 Å². The molecule has 0 aliphatic heterocycles. The standard InChI is InChI=1S/C13H19BrFNO/c1-2-12(16)9-10-8-11(14)4-5-13(10)17-7-3-6-15/h4-5,8,12H,2-3,6-7,9,16H2,1H3. The third-order valence-corrected chi connectivity index (χ3v) is 3.06. The van der Waals surface area contributed by atoms with Crippen LogP contribution in [0.3, 0.4) is 0 Å². The van der Waals surface area contributed by atoms with Crippen LogP contribution in [0.5, 0.6) is 5.75 Å². The van der Waals surface area contributed by atoms with Crippen LogP contribution in [0.1, 0.15) is 25.3 Å². The zero-order chi connectivity index (χ0) is 12.7. The predicted molar refractivity (Wildman–Crippen MR) is 72.2 cm³/mol. The summed E-state index contributed by atoms with van der Waals surface area (Å²) >= 11 is 3.43. The number of nitrogens with two attached hydrogens (primary N) is 1. The van der Waals surface area contributed by atoms with Crippen LogP contribution in [0, 0.1) is 0 Å². The van der Waals surface area contributed by atoms with Crippen LogP contribution in [-0.2, 0) is 6.42 Å². The first-order valence-corrected chi connectivity index (χ1v) is 6.69. The van der Waals surface area contributed by atoms with E-state index < -0.39 is 0 Å². The molecule has 0 heterocycles. The molecule has 1 aromatic carbocycles. The maximum absolute atomic E-state index is 12.0. The summed E-state index contributed by atoms with van der Waals surface area (Å²) < 4.78 is 18.6. The van der Waals surface area contributed by atoms with Crippen LogP contribution >= 0.6 is 15.9 Å². The van der Waals surface area contributed by atoms with Crippen molar-refractivity contribution in [2.24, 2.45) is 5.73 Å². The second-order valence-electron chi connectivity index (χ2n) is 4.02. The Morgan fingerprint density at radius 2 is 2.24 bits per heavy atom. The van der Waals surface area contributed by atoms with Crippen molar-refractivity contribution in [2.75, 3.05) is 13.3 Å². The zero-order valence-corrected chi connectivity index (χ0v) is 11.7. The van der Waals surface area contributed by atoms with Gasteiger partial charge in [-0.3, -0.25) is 4.39 Å². The molecule has 1 rings (SSSR count).